The summed E-state index contributed by atoms with van der Waals surface area (Å²) in [5.41, 5.74) is 13.5. The summed E-state index contributed by atoms with van der Waals surface area (Å²) in [4.78, 5) is 68.2. The number of para-hydroxylation sites is 3. The predicted molar refractivity (Wildman–Crippen MR) is 454 cm³/mol. The molecule has 0 saturated carbocycles. The minimum absolute atomic E-state index is 0.442. The van der Waals surface area contributed by atoms with E-state index in [1.807, 2.05) is 134 Å². The van der Waals surface area contributed by atoms with Gasteiger partial charge in [0.1, 0.15) is 27.6 Å². The zero-order valence-electron chi connectivity index (χ0n) is 64.8. The predicted octanol–water partition coefficient (Wildman–Crippen LogP) is 23.8. The maximum atomic E-state index is 4.53. The normalized spacial score (nSPS) is 11.2. The van der Waals surface area contributed by atoms with Crippen molar-refractivity contribution >= 4 is 141 Å². The topological polar surface area (TPSA) is 234 Å². The molecule has 18 aromatic rings. The maximum Gasteiger partial charge on any atom is 0.170 e. The van der Waals surface area contributed by atoms with E-state index in [2.05, 4.69) is 244 Å². The minimum Gasteiger partial charge on any atom is -0.342 e. The van der Waals surface area contributed by atoms with Crippen molar-refractivity contribution in [3.05, 3.63) is 244 Å². The molecule has 16 aromatic heterocycles. The Morgan fingerprint density at radius 3 is 1.36 bits per heavy atom. The first-order chi connectivity index (χ1) is 51.9. The zero-order chi connectivity index (χ0) is 77.0. The van der Waals surface area contributed by atoms with Crippen molar-refractivity contribution in [3.63, 3.8) is 0 Å². The number of fused-ring (bicyclic) bond motifs is 9. The first-order valence-corrected chi connectivity index (χ1v) is 40.7. The molecular formula is C84H97N19S5. The highest BCUT2D eigenvalue weighted by atomic mass is 32.1. The van der Waals surface area contributed by atoms with Gasteiger partial charge in [-0.1, -0.05) is 166 Å². The Bertz CT molecular complexity index is 4330. The fraction of sp³-hybridized carbons (Fsp3) is 0.321. The Hall–Kier alpha value is -10.1. The van der Waals surface area contributed by atoms with Crippen LogP contribution in [0.1, 0.15) is 226 Å². The molecule has 19 nitrogen and oxygen atoms in total. The van der Waals surface area contributed by atoms with Gasteiger partial charge in [0, 0.05) is 97.2 Å². The molecule has 0 radical (unpaired) electrons. The van der Waals surface area contributed by atoms with Gasteiger partial charge in [-0.15, -0.1) is 45.3 Å². The summed E-state index contributed by atoms with van der Waals surface area (Å²) < 4.78 is 8.74. The van der Waals surface area contributed by atoms with E-state index in [1.54, 1.807) is 92.2 Å². The highest BCUT2D eigenvalue weighted by Gasteiger charge is 2.13. The standard InChI is InChI=1S/2C10H12N2.C10H11NS.2C9H11N3.4C9H10N2S/c1-8(2)9-7-12-6-4-3-5-10(12)11-9;2*1-7(2)10-11-8-5-3-4-6-9(8)12-10;1-6(2)9-11-7-3-4-10-5-8(7)12-9;1-7(2)8-6-12-9(11-8)4-3-5-10-12;1-6(2)9-11-7-5-10-4-3-8(7)12-9;1-6(2)9-11-7-3-4-10-5-8(7)12-9;1-6(2)9-11-8-7(12-9)4-3-5-10-8;1-6(2)8-11-7-4-3-5-10-9(7)12-8/h3-8H,1-2H3;3-7H,1-2H3,(H,11,12);3-7H,1-2H3;3-6H,1-2H3,(H,11,12);3-7H,1-2H3;4*3-6H,1-2H3. The van der Waals surface area contributed by atoms with Crippen LogP contribution in [0.5, 0.6) is 0 Å². The molecule has 0 unspecified atom stereocenters. The van der Waals surface area contributed by atoms with Crippen molar-refractivity contribution in [2.24, 2.45) is 0 Å². The van der Waals surface area contributed by atoms with Crippen molar-refractivity contribution in [3.8, 4) is 0 Å². The van der Waals surface area contributed by atoms with Crippen LogP contribution in [-0.4, -0.2) is 93.8 Å². The Kier molecular flexibility index (Phi) is 28.8. The van der Waals surface area contributed by atoms with Crippen molar-refractivity contribution in [1.82, 2.24) is 93.8 Å². The Morgan fingerprint density at radius 2 is 0.769 bits per heavy atom. The quantitative estimate of drug-likeness (QED) is 0.137. The van der Waals surface area contributed by atoms with E-state index in [4.69, 9.17) is 0 Å². The van der Waals surface area contributed by atoms with Crippen LogP contribution >= 0.6 is 56.7 Å². The number of hydrogen-bond acceptors (Lipinski definition) is 20. The van der Waals surface area contributed by atoms with Gasteiger partial charge in [-0.2, -0.15) is 5.10 Å². The van der Waals surface area contributed by atoms with E-state index >= 15 is 0 Å². The Balaban J connectivity index is 0.000000130. The number of nitrogens with zero attached hydrogens (tertiary/aromatic N) is 17. The van der Waals surface area contributed by atoms with E-state index in [0.29, 0.717) is 53.3 Å². The molecule has 108 heavy (non-hydrogen) atoms. The molecule has 0 bridgehead atoms. The van der Waals surface area contributed by atoms with Gasteiger partial charge in [0.15, 0.2) is 11.3 Å². The number of aromatic amines is 2. The molecule has 0 aliphatic carbocycles. The maximum absolute atomic E-state index is 4.53. The van der Waals surface area contributed by atoms with E-state index in [1.165, 1.54) is 43.8 Å². The first kappa shape index (κ1) is 80.4. The van der Waals surface area contributed by atoms with Crippen molar-refractivity contribution in [2.45, 2.75) is 178 Å². The van der Waals surface area contributed by atoms with E-state index in [-0.39, 0.29) is 0 Å². The van der Waals surface area contributed by atoms with Crippen LogP contribution in [-0.2, 0) is 0 Å². The van der Waals surface area contributed by atoms with Crippen LogP contribution in [0.3, 0.4) is 0 Å². The Morgan fingerprint density at radius 1 is 0.306 bits per heavy atom. The summed E-state index contributed by atoms with van der Waals surface area (Å²) in [5, 5.41) is 10.1. The van der Waals surface area contributed by atoms with Crippen LogP contribution < -0.4 is 0 Å². The average Bonchev–Trinajstić information content (AvgIpc) is 1.77. The van der Waals surface area contributed by atoms with Gasteiger partial charge in [-0.25, -0.2) is 59.3 Å². The lowest BCUT2D eigenvalue weighted by Gasteiger charge is -1.95. The zero-order valence-corrected chi connectivity index (χ0v) is 68.9. The van der Waals surface area contributed by atoms with Crippen LogP contribution in [0, 0.1) is 0 Å². The minimum atomic E-state index is 0.442. The summed E-state index contributed by atoms with van der Waals surface area (Å²) in [7, 11) is 0. The van der Waals surface area contributed by atoms with E-state index < -0.39 is 0 Å². The van der Waals surface area contributed by atoms with Crippen LogP contribution in [0.15, 0.2) is 196 Å². The molecule has 0 atom stereocenters. The van der Waals surface area contributed by atoms with Gasteiger partial charge in [0.05, 0.1) is 112 Å². The molecule has 24 heteroatoms. The van der Waals surface area contributed by atoms with Crippen molar-refractivity contribution < 1.29 is 0 Å². The largest absolute Gasteiger partial charge is 0.342 e. The third-order valence-electron chi connectivity index (χ3n) is 16.2. The van der Waals surface area contributed by atoms with Crippen LogP contribution in [0.25, 0.3) is 84.7 Å². The SMILES string of the molecule is CC(C)c1cn2ccccc2n1.CC(C)c1cn2ncccc2n1.CC(C)c1nc2ccccc2[nH]1.CC(C)c1nc2ccccc2s1.CC(C)c1nc2cccnc2s1.CC(C)c1nc2ccncc2[nH]1.CC(C)c1nc2ccncc2s1.CC(C)c1nc2cnccc2s1.CC(C)c1nc2ncccc2s1. The van der Waals surface area contributed by atoms with Crippen molar-refractivity contribution in [2.75, 3.05) is 0 Å². The number of thiazole rings is 5. The molecule has 0 aliphatic heterocycles. The van der Waals surface area contributed by atoms with E-state index in [0.717, 1.165) is 88.9 Å². The van der Waals surface area contributed by atoms with E-state index in [9.17, 15) is 0 Å². The molecule has 2 N–H and O–H groups in total. The number of pyridine rings is 6. The highest BCUT2D eigenvalue weighted by Crippen LogP contribution is 2.31. The number of aromatic nitrogens is 19. The van der Waals surface area contributed by atoms with Gasteiger partial charge in [0.25, 0.3) is 0 Å². The lowest BCUT2D eigenvalue weighted by Crippen LogP contribution is -1.88. The molecule has 0 aliphatic rings. The second kappa shape index (κ2) is 38.6. The molecule has 0 spiro atoms. The number of H-pyrrole nitrogens is 2. The van der Waals surface area contributed by atoms with Crippen LogP contribution in [0.4, 0.5) is 0 Å². The summed E-state index contributed by atoms with van der Waals surface area (Å²) in [6, 6.07) is 40.1. The van der Waals surface area contributed by atoms with Gasteiger partial charge in [-0.05, 0) is 103 Å². The third-order valence-corrected chi connectivity index (χ3v) is 22.8. The van der Waals surface area contributed by atoms with Gasteiger partial charge >= 0.3 is 0 Å². The first-order valence-electron chi connectivity index (χ1n) is 36.6. The number of rotatable bonds is 9. The van der Waals surface area contributed by atoms with Crippen molar-refractivity contribution in [1.29, 1.82) is 0 Å². The number of imidazole rings is 4. The molecular weight excluding hydrogens is 1440 g/mol. The fourth-order valence-electron chi connectivity index (χ4n) is 10.0. The smallest absolute Gasteiger partial charge is 0.170 e. The average molecular weight is 1530 g/mol. The molecule has 18 rings (SSSR count). The molecule has 16 heterocycles. The number of nitrogens with one attached hydrogen (secondary N) is 2. The van der Waals surface area contributed by atoms with Crippen LogP contribution in [0.2, 0.25) is 0 Å². The molecule has 0 saturated heterocycles. The Labute approximate surface area is 652 Å². The molecule has 2 aromatic carbocycles. The molecule has 0 amide bonds. The number of benzene rings is 2. The fourth-order valence-corrected chi connectivity index (χ4v) is 14.7. The summed E-state index contributed by atoms with van der Waals surface area (Å²) in [6.07, 6.45) is 22.3. The van der Waals surface area contributed by atoms with Gasteiger partial charge in [-0.3, -0.25) is 15.0 Å². The summed E-state index contributed by atoms with van der Waals surface area (Å²) in [6.45, 7) is 38.7. The third kappa shape index (κ3) is 22.3. The highest BCUT2D eigenvalue weighted by molar-refractivity contribution is 7.19. The molecule has 0 fully saturated rings. The summed E-state index contributed by atoms with van der Waals surface area (Å²) in [5.74, 6) is 6.56. The summed E-state index contributed by atoms with van der Waals surface area (Å²) >= 11 is 8.70. The second-order valence-electron chi connectivity index (χ2n) is 28.2. The van der Waals surface area contributed by atoms with Gasteiger partial charge < -0.3 is 14.4 Å². The lowest BCUT2D eigenvalue weighted by molar-refractivity contribution is 0.799. The monoisotopic (exact) mass is 1530 g/mol. The second-order valence-corrected chi connectivity index (χ2v) is 33.5. The van der Waals surface area contributed by atoms with Gasteiger partial charge in [0.2, 0.25) is 0 Å². The molecule has 558 valence electrons. The number of hydrogen-bond donors (Lipinski definition) is 2. The lowest BCUT2D eigenvalue weighted by atomic mass is 10.2.